The lowest BCUT2D eigenvalue weighted by molar-refractivity contribution is -0.0206. The summed E-state index contributed by atoms with van der Waals surface area (Å²) in [5.74, 6) is -0.554. The van der Waals surface area contributed by atoms with Crippen LogP contribution in [0.5, 0.6) is 5.75 Å². The summed E-state index contributed by atoms with van der Waals surface area (Å²) in [5.41, 5.74) is 4.44. The van der Waals surface area contributed by atoms with Crippen molar-refractivity contribution in [3.8, 4) is 5.75 Å². The van der Waals surface area contributed by atoms with Crippen LogP contribution in [0.25, 0.3) is 0 Å². The van der Waals surface area contributed by atoms with Crippen LogP contribution in [0.1, 0.15) is 39.2 Å². The Balaban J connectivity index is 0.905. The van der Waals surface area contributed by atoms with E-state index in [1.807, 2.05) is 31.2 Å². The number of benzene rings is 3. The SMILES string of the molecule is CC[C@H](N1NCN(c2ccc(N3CCN(c4ccc(OC[C@@H]5COC(Cn6cncn6)(c6ccc(F)cc6F)C5)cc4)CC3)cc2)C1=O)C(C)(C)O. The third-order valence-corrected chi connectivity index (χ3v) is 10.4. The molecule has 1 unspecified atom stereocenters. The number of halogens is 2. The molecule has 7 rings (SSSR count). The van der Waals surface area contributed by atoms with Crippen LogP contribution in [-0.4, -0.2) is 88.6 Å². The summed E-state index contributed by atoms with van der Waals surface area (Å²) in [4.78, 5) is 23.6. The molecule has 1 aromatic heterocycles. The van der Waals surface area contributed by atoms with Crippen LogP contribution >= 0.6 is 0 Å². The van der Waals surface area contributed by atoms with Gasteiger partial charge in [0.25, 0.3) is 0 Å². The first kappa shape index (κ1) is 35.6. The van der Waals surface area contributed by atoms with Crippen LogP contribution in [0.2, 0.25) is 0 Å². The molecule has 4 aromatic rings. The van der Waals surface area contributed by atoms with Gasteiger partial charge in [0.2, 0.25) is 0 Å². The summed E-state index contributed by atoms with van der Waals surface area (Å²) in [6.45, 7) is 10.2. The molecule has 14 heteroatoms. The molecule has 276 valence electrons. The molecular weight excluding hydrogens is 670 g/mol. The first-order chi connectivity index (χ1) is 25.0. The van der Waals surface area contributed by atoms with Gasteiger partial charge in [-0.1, -0.05) is 13.0 Å². The second-order valence-corrected chi connectivity index (χ2v) is 14.4. The highest BCUT2D eigenvalue weighted by atomic mass is 19.1. The molecule has 0 radical (unpaired) electrons. The lowest BCUT2D eigenvalue weighted by Gasteiger charge is -2.37. The number of urea groups is 1. The lowest BCUT2D eigenvalue weighted by Crippen LogP contribution is -2.54. The van der Waals surface area contributed by atoms with Crippen LogP contribution < -0.4 is 24.9 Å². The van der Waals surface area contributed by atoms with E-state index in [2.05, 4.69) is 49.6 Å². The van der Waals surface area contributed by atoms with E-state index in [-0.39, 0.29) is 24.5 Å². The summed E-state index contributed by atoms with van der Waals surface area (Å²) in [7, 11) is 0. The number of carbonyl (C=O) groups is 1. The van der Waals surface area contributed by atoms with Crippen molar-refractivity contribution < 1.29 is 28.2 Å². The van der Waals surface area contributed by atoms with Crippen molar-refractivity contribution in [2.75, 3.05) is 60.8 Å². The summed E-state index contributed by atoms with van der Waals surface area (Å²) >= 11 is 0. The highest BCUT2D eigenvalue weighted by Crippen LogP contribution is 2.42. The third kappa shape index (κ3) is 7.41. The molecule has 0 aliphatic carbocycles. The third-order valence-electron chi connectivity index (χ3n) is 10.4. The maximum Gasteiger partial charge on any atom is 0.340 e. The molecule has 4 heterocycles. The first-order valence-electron chi connectivity index (χ1n) is 17.8. The number of hydrazine groups is 1. The Morgan fingerprint density at radius 1 is 1.00 bits per heavy atom. The normalized spacial score (nSPS) is 21.7. The average molecular weight is 717 g/mol. The van der Waals surface area contributed by atoms with Gasteiger partial charge in [0.15, 0.2) is 0 Å². The van der Waals surface area contributed by atoms with E-state index in [0.29, 0.717) is 38.3 Å². The van der Waals surface area contributed by atoms with Gasteiger partial charge in [-0.3, -0.25) is 9.91 Å². The van der Waals surface area contributed by atoms with E-state index in [4.69, 9.17) is 9.47 Å². The van der Waals surface area contributed by atoms with E-state index in [1.54, 1.807) is 34.8 Å². The van der Waals surface area contributed by atoms with Crippen molar-refractivity contribution in [2.24, 2.45) is 5.92 Å². The number of nitrogens with one attached hydrogen (secondary N) is 1. The zero-order valence-electron chi connectivity index (χ0n) is 29.8. The lowest BCUT2D eigenvalue weighted by atomic mass is 9.87. The Morgan fingerprint density at radius 2 is 1.65 bits per heavy atom. The molecule has 3 aliphatic rings. The van der Waals surface area contributed by atoms with E-state index >= 15 is 0 Å². The zero-order chi connectivity index (χ0) is 36.5. The van der Waals surface area contributed by atoms with E-state index in [9.17, 15) is 18.7 Å². The molecule has 3 aromatic carbocycles. The van der Waals surface area contributed by atoms with Gasteiger partial charge in [0, 0.05) is 60.8 Å². The van der Waals surface area contributed by atoms with E-state index < -0.39 is 22.8 Å². The zero-order valence-corrected chi connectivity index (χ0v) is 29.8. The number of nitrogens with zero attached hydrogens (tertiary/aromatic N) is 7. The van der Waals surface area contributed by atoms with E-state index in [0.717, 1.165) is 55.1 Å². The fraction of sp³-hybridized carbons (Fsp3) is 0.447. The highest BCUT2D eigenvalue weighted by Gasteiger charge is 2.45. The second kappa shape index (κ2) is 14.7. The Hall–Kier alpha value is -4.79. The second-order valence-electron chi connectivity index (χ2n) is 14.4. The van der Waals surface area contributed by atoms with Crippen molar-refractivity contribution in [3.63, 3.8) is 0 Å². The molecule has 0 bridgehead atoms. The smallest absolute Gasteiger partial charge is 0.340 e. The van der Waals surface area contributed by atoms with Crippen molar-refractivity contribution in [1.29, 1.82) is 0 Å². The minimum atomic E-state index is -1.02. The number of anilines is 3. The van der Waals surface area contributed by atoms with Gasteiger partial charge in [-0.2, -0.15) is 5.10 Å². The highest BCUT2D eigenvalue weighted by molar-refractivity contribution is 5.93. The average Bonchev–Trinajstić information content (AvgIpc) is 3.89. The quantitative estimate of drug-likeness (QED) is 0.206. The number of piperazine rings is 1. The number of ether oxygens (including phenoxy) is 2. The molecule has 12 nitrogen and oxygen atoms in total. The van der Waals surface area contributed by atoms with Crippen LogP contribution in [0, 0.1) is 17.6 Å². The van der Waals surface area contributed by atoms with Crippen LogP contribution in [0.4, 0.5) is 30.6 Å². The van der Waals surface area contributed by atoms with Crippen LogP contribution in [-0.2, 0) is 16.9 Å². The van der Waals surface area contributed by atoms with Crippen molar-refractivity contribution in [2.45, 2.75) is 57.4 Å². The van der Waals surface area contributed by atoms with Crippen LogP contribution in [0.3, 0.4) is 0 Å². The van der Waals surface area contributed by atoms with Gasteiger partial charge in [-0.15, -0.1) is 0 Å². The summed E-state index contributed by atoms with van der Waals surface area (Å²) in [6.07, 6.45) is 4.09. The van der Waals surface area contributed by atoms with Crippen molar-refractivity contribution in [1.82, 2.24) is 25.2 Å². The predicted octanol–water partition coefficient (Wildman–Crippen LogP) is 5.15. The summed E-state index contributed by atoms with van der Waals surface area (Å²) < 4.78 is 42.7. The minimum Gasteiger partial charge on any atom is -0.493 e. The summed E-state index contributed by atoms with van der Waals surface area (Å²) in [6, 6.07) is 19.2. The maximum atomic E-state index is 15.0. The Labute approximate surface area is 302 Å². The van der Waals surface area contributed by atoms with Gasteiger partial charge in [0.05, 0.1) is 38.1 Å². The van der Waals surface area contributed by atoms with Crippen molar-refractivity contribution in [3.05, 3.63) is 96.6 Å². The molecular formula is C38H46F2N8O4. The number of hydrogen-bond acceptors (Lipinski definition) is 9. The largest absolute Gasteiger partial charge is 0.493 e. The molecule has 0 saturated carbocycles. The number of carbonyl (C=O) groups excluding carboxylic acids is 1. The fourth-order valence-corrected chi connectivity index (χ4v) is 7.68. The molecule has 3 aliphatic heterocycles. The maximum absolute atomic E-state index is 15.0. The molecule has 2 amide bonds. The van der Waals surface area contributed by atoms with Crippen LogP contribution in [0.15, 0.2) is 79.4 Å². The molecule has 0 spiro atoms. The molecule has 3 saturated heterocycles. The predicted molar refractivity (Wildman–Crippen MR) is 193 cm³/mol. The fourth-order valence-electron chi connectivity index (χ4n) is 7.68. The Morgan fingerprint density at radius 3 is 2.25 bits per heavy atom. The van der Waals surface area contributed by atoms with Gasteiger partial charge in [0.1, 0.15) is 35.6 Å². The van der Waals surface area contributed by atoms with Gasteiger partial charge < -0.3 is 24.4 Å². The molecule has 3 fully saturated rings. The number of aliphatic hydroxyl groups is 1. The Bertz CT molecular complexity index is 1810. The number of amides is 2. The number of hydrogen-bond donors (Lipinski definition) is 2. The molecule has 3 atom stereocenters. The monoisotopic (exact) mass is 716 g/mol. The summed E-state index contributed by atoms with van der Waals surface area (Å²) in [5, 5.41) is 16.3. The standard InChI is InChI=1S/C38H46F2N8O4/c1-4-35(37(2,3)50)48-36(49)47(26-43-48)31-8-6-29(7-9-31)44-15-17-45(18-16-44)30-10-12-32(13-11-30)51-21-27-20-38(52-22-27,23-46-25-41-24-42-46)33-14-5-28(39)19-34(33)40/h5-14,19,24-25,27,35,43,50H,4,15-18,20-23,26H2,1-3H3/t27-,35+,38?/m1/s1. The number of rotatable bonds is 12. The number of aromatic nitrogens is 3. The first-order valence-corrected chi connectivity index (χ1v) is 17.8. The van der Waals surface area contributed by atoms with Gasteiger partial charge >= 0.3 is 6.03 Å². The van der Waals surface area contributed by atoms with Crippen molar-refractivity contribution >= 4 is 23.1 Å². The molecule has 2 N–H and O–H groups in total. The Kier molecular flexibility index (Phi) is 10.1. The van der Waals surface area contributed by atoms with E-state index in [1.165, 1.54) is 18.5 Å². The van der Waals surface area contributed by atoms with Gasteiger partial charge in [-0.05, 0) is 81.3 Å². The minimum absolute atomic E-state index is 0.0101. The van der Waals surface area contributed by atoms with Gasteiger partial charge in [-0.25, -0.2) is 28.7 Å². The topological polar surface area (TPSA) is 111 Å². The molecule has 52 heavy (non-hydrogen) atoms.